The van der Waals surface area contributed by atoms with Crippen molar-refractivity contribution in [1.29, 1.82) is 0 Å². The zero-order chi connectivity index (χ0) is 11.3. The molecule has 0 aliphatic rings. The van der Waals surface area contributed by atoms with Crippen LogP contribution in [0.4, 0.5) is 0 Å². The van der Waals surface area contributed by atoms with Gasteiger partial charge in [0, 0.05) is 5.56 Å². The summed E-state index contributed by atoms with van der Waals surface area (Å²) in [6, 6.07) is 5.62. The summed E-state index contributed by atoms with van der Waals surface area (Å²) in [5.74, 6) is 0.934. The van der Waals surface area contributed by atoms with Gasteiger partial charge in [0.1, 0.15) is 0 Å². The number of nitrogens with one attached hydrogen (secondary N) is 1. The highest BCUT2D eigenvalue weighted by Crippen LogP contribution is 2.04. The van der Waals surface area contributed by atoms with Crippen molar-refractivity contribution in [2.24, 2.45) is 0 Å². The Morgan fingerprint density at radius 1 is 1.27 bits per heavy atom. The number of aromatic carboxylic acids is 1. The number of rotatable bonds is 3. The van der Waals surface area contributed by atoms with Gasteiger partial charge in [-0.15, -0.1) is 6.42 Å². The van der Waals surface area contributed by atoms with Crippen LogP contribution >= 0.6 is 0 Å². The normalized spacial score (nSPS) is 9.00. The van der Waals surface area contributed by atoms with Gasteiger partial charge < -0.3 is 10.4 Å². The number of carbonyl (C=O) groups is 2. The van der Waals surface area contributed by atoms with Crippen LogP contribution in [-0.2, 0) is 0 Å². The first-order valence-electron chi connectivity index (χ1n) is 4.20. The van der Waals surface area contributed by atoms with Gasteiger partial charge in [0.05, 0.1) is 12.1 Å². The number of amides is 1. The molecule has 4 heteroatoms. The standard InChI is InChI=1S/C11H9NO3/c1-2-7-12-10(13)8-3-5-9(6-4-8)11(14)15/h1,3-6H,7H2,(H,12,13)(H,14,15). The highest BCUT2D eigenvalue weighted by molar-refractivity contribution is 5.95. The van der Waals surface area contributed by atoms with Crippen LogP contribution in [0.25, 0.3) is 0 Å². The minimum absolute atomic E-state index is 0.142. The van der Waals surface area contributed by atoms with Crippen molar-refractivity contribution >= 4 is 11.9 Å². The zero-order valence-electron chi connectivity index (χ0n) is 7.86. The number of carbonyl (C=O) groups excluding carboxylic acids is 1. The van der Waals surface area contributed by atoms with Gasteiger partial charge >= 0.3 is 5.97 Å². The molecule has 15 heavy (non-hydrogen) atoms. The summed E-state index contributed by atoms with van der Waals surface area (Å²) in [7, 11) is 0. The van der Waals surface area contributed by atoms with Crippen LogP contribution in [-0.4, -0.2) is 23.5 Å². The first kappa shape index (κ1) is 10.8. The smallest absolute Gasteiger partial charge is 0.335 e. The highest BCUT2D eigenvalue weighted by atomic mass is 16.4. The fraction of sp³-hybridized carbons (Fsp3) is 0.0909. The number of carboxylic acid groups (broad SMARTS) is 1. The zero-order valence-corrected chi connectivity index (χ0v) is 7.86. The van der Waals surface area contributed by atoms with Gasteiger partial charge in [0.15, 0.2) is 0 Å². The lowest BCUT2D eigenvalue weighted by molar-refractivity contribution is 0.0696. The molecule has 2 N–H and O–H groups in total. The Balaban J connectivity index is 2.76. The van der Waals surface area contributed by atoms with Crippen molar-refractivity contribution in [1.82, 2.24) is 5.32 Å². The third kappa shape index (κ3) is 2.85. The predicted molar refractivity (Wildman–Crippen MR) is 54.6 cm³/mol. The molecule has 4 nitrogen and oxygen atoms in total. The second-order valence-electron chi connectivity index (χ2n) is 2.77. The Labute approximate surface area is 86.9 Å². The SMILES string of the molecule is C#CCNC(=O)c1ccc(C(=O)O)cc1. The second-order valence-corrected chi connectivity index (χ2v) is 2.77. The molecule has 0 spiro atoms. The van der Waals surface area contributed by atoms with Crippen LogP contribution < -0.4 is 5.32 Å². The molecule has 0 aliphatic carbocycles. The molecule has 0 radical (unpaired) electrons. The maximum Gasteiger partial charge on any atom is 0.335 e. The lowest BCUT2D eigenvalue weighted by Crippen LogP contribution is -2.23. The molecule has 0 atom stereocenters. The van der Waals surface area contributed by atoms with E-state index in [1.807, 2.05) is 0 Å². The van der Waals surface area contributed by atoms with Crippen molar-refractivity contribution in [3.05, 3.63) is 35.4 Å². The van der Waals surface area contributed by atoms with E-state index in [9.17, 15) is 9.59 Å². The molecule has 76 valence electrons. The van der Waals surface area contributed by atoms with Gasteiger partial charge in [0.25, 0.3) is 5.91 Å². The fourth-order valence-electron chi connectivity index (χ4n) is 0.998. The first-order valence-corrected chi connectivity index (χ1v) is 4.20. The summed E-state index contributed by atoms with van der Waals surface area (Å²) in [6.45, 7) is 0.152. The Kier molecular flexibility index (Phi) is 3.47. The quantitative estimate of drug-likeness (QED) is 0.712. The van der Waals surface area contributed by atoms with Crippen LogP contribution in [0.1, 0.15) is 20.7 Å². The lowest BCUT2D eigenvalue weighted by Gasteiger charge is -2.01. The van der Waals surface area contributed by atoms with Crippen LogP contribution in [0.3, 0.4) is 0 Å². The third-order valence-electron chi connectivity index (χ3n) is 1.75. The molecule has 0 heterocycles. The van der Waals surface area contributed by atoms with Crippen LogP contribution in [0.15, 0.2) is 24.3 Å². The van der Waals surface area contributed by atoms with Crippen molar-refractivity contribution in [3.8, 4) is 12.3 Å². The molecular weight excluding hydrogens is 194 g/mol. The Morgan fingerprint density at radius 2 is 1.80 bits per heavy atom. The monoisotopic (exact) mass is 203 g/mol. The summed E-state index contributed by atoms with van der Waals surface area (Å²) in [5.41, 5.74) is 0.527. The largest absolute Gasteiger partial charge is 0.478 e. The summed E-state index contributed by atoms with van der Waals surface area (Å²) in [4.78, 5) is 21.9. The average molecular weight is 203 g/mol. The molecule has 1 amide bonds. The maximum atomic E-state index is 11.3. The molecule has 0 aromatic heterocycles. The molecule has 0 unspecified atom stereocenters. The van der Waals surface area contributed by atoms with Crippen molar-refractivity contribution in [3.63, 3.8) is 0 Å². The number of terminal acetylenes is 1. The molecule has 1 aromatic carbocycles. The van der Waals surface area contributed by atoms with E-state index in [2.05, 4.69) is 11.2 Å². The van der Waals surface area contributed by atoms with Gasteiger partial charge in [-0.05, 0) is 24.3 Å². The average Bonchev–Trinajstić information content (AvgIpc) is 2.26. The molecule has 0 saturated heterocycles. The maximum absolute atomic E-state index is 11.3. The number of hydrogen-bond acceptors (Lipinski definition) is 2. The molecule has 1 rings (SSSR count). The third-order valence-corrected chi connectivity index (χ3v) is 1.75. The summed E-state index contributed by atoms with van der Waals surface area (Å²) < 4.78 is 0. The highest BCUT2D eigenvalue weighted by Gasteiger charge is 2.06. The van der Waals surface area contributed by atoms with Gasteiger partial charge in [-0.2, -0.15) is 0 Å². The number of hydrogen-bond donors (Lipinski definition) is 2. The van der Waals surface area contributed by atoms with E-state index < -0.39 is 5.97 Å². The van der Waals surface area contributed by atoms with E-state index in [4.69, 9.17) is 11.5 Å². The molecule has 0 aliphatic heterocycles. The minimum atomic E-state index is -1.02. The van der Waals surface area contributed by atoms with Gasteiger partial charge in [-0.1, -0.05) is 5.92 Å². The molecule has 1 aromatic rings. The lowest BCUT2D eigenvalue weighted by atomic mass is 10.1. The van der Waals surface area contributed by atoms with Crippen LogP contribution in [0.2, 0.25) is 0 Å². The number of benzene rings is 1. The van der Waals surface area contributed by atoms with E-state index in [1.165, 1.54) is 24.3 Å². The molecule has 0 bridgehead atoms. The Hall–Kier alpha value is -2.28. The van der Waals surface area contributed by atoms with E-state index in [1.54, 1.807) is 0 Å². The van der Waals surface area contributed by atoms with Crippen LogP contribution in [0, 0.1) is 12.3 Å². The van der Waals surface area contributed by atoms with Crippen molar-refractivity contribution in [2.75, 3.05) is 6.54 Å². The molecule has 0 saturated carbocycles. The van der Waals surface area contributed by atoms with Gasteiger partial charge in [-0.3, -0.25) is 4.79 Å². The van der Waals surface area contributed by atoms with Gasteiger partial charge in [0.2, 0.25) is 0 Å². The van der Waals surface area contributed by atoms with Crippen LogP contribution in [0.5, 0.6) is 0 Å². The van der Waals surface area contributed by atoms with Crippen molar-refractivity contribution < 1.29 is 14.7 Å². The van der Waals surface area contributed by atoms with E-state index in [0.29, 0.717) is 5.56 Å². The summed E-state index contributed by atoms with van der Waals surface area (Å²) in [6.07, 6.45) is 4.98. The number of carboxylic acids is 1. The summed E-state index contributed by atoms with van der Waals surface area (Å²) in [5, 5.41) is 11.1. The molecule has 0 fully saturated rings. The summed E-state index contributed by atoms with van der Waals surface area (Å²) >= 11 is 0. The van der Waals surface area contributed by atoms with Crippen molar-refractivity contribution in [2.45, 2.75) is 0 Å². The Morgan fingerprint density at radius 3 is 2.27 bits per heavy atom. The fourth-order valence-corrected chi connectivity index (χ4v) is 0.998. The van der Waals surface area contributed by atoms with E-state index in [-0.39, 0.29) is 18.0 Å². The van der Waals surface area contributed by atoms with Gasteiger partial charge in [-0.25, -0.2) is 4.79 Å². The Bertz CT molecular complexity index is 414. The predicted octanol–water partition coefficient (Wildman–Crippen LogP) is 0.748. The minimum Gasteiger partial charge on any atom is -0.478 e. The first-order chi connectivity index (χ1) is 7.15. The van der Waals surface area contributed by atoms with E-state index >= 15 is 0 Å². The van der Waals surface area contributed by atoms with E-state index in [0.717, 1.165) is 0 Å². The topological polar surface area (TPSA) is 66.4 Å². The second kappa shape index (κ2) is 4.82. The molecular formula is C11H9NO3.